The molecule has 0 N–H and O–H groups in total. The van der Waals surface area contributed by atoms with Crippen molar-refractivity contribution in [3.05, 3.63) is 63.1 Å². The number of carboxylic acid groups (broad SMARTS) is 1. The minimum Gasteiger partial charge on any atom is -0.545 e. The van der Waals surface area contributed by atoms with Gasteiger partial charge in [0.15, 0.2) is 0 Å². The van der Waals surface area contributed by atoms with Gasteiger partial charge < -0.3 is 9.90 Å². The summed E-state index contributed by atoms with van der Waals surface area (Å²) in [6.45, 7) is 0. The van der Waals surface area contributed by atoms with Gasteiger partial charge in [-0.2, -0.15) is 0 Å². The van der Waals surface area contributed by atoms with Crippen molar-refractivity contribution in [2.24, 2.45) is 0 Å². The summed E-state index contributed by atoms with van der Waals surface area (Å²) in [6.07, 6.45) is 0. The first-order valence-electron chi connectivity index (χ1n) is 6.09. The summed E-state index contributed by atoms with van der Waals surface area (Å²) in [4.78, 5) is 36.6. The van der Waals surface area contributed by atoms with E-state index in [2.05, 4.69) is 0 Å². The van der Waals surface area contributed by atoms with Crippen molar-refractivity contribution in [1.29, 1.82) is 0 Å². The number of rotatable bonds is 2. The molecule has 22 heavy (non-hydrogen) atoms. The number of fused-ring (bicyclic) bond motifs is 1. The molecule has 1 aliphatic heterocycles. The molecular weight excluding hydrogens is 329 g/mol. The van der Waals surface area contributed by atoms with E-state index in [1.54, 1.807) is 0 Å². The number of aromatic carboxylic acids is 1. The maximum atomic E-state index is 12.4. The molecule has 0 spiro atoms. The second kappa shape index (κ2) is 5.12. The molecule has 7 heteroatoms. The van der Waals surface area contributed by atoms with Gasteiger partial charge in [0.25, 0.3) is 11.8 Å². The van der Waals surface area contributed by atoms with Crippen LogP contribution < -0.4 is 10.0 Å². The highest BCUT2D eigenvalue weighted by atomic mass is 35.5. The lowest BCUT2D eigenvalue weighted by Crippen LogP contribution is -2.29. The average Bonchev–Trinajstić information content (AvgIpc) is 2.71. The fourth-order valence-electron chi connectivity index (χ4n) is 2.25. The number of carbonyl (C=O) groups is 3. The molecule has 1 aliphatic rings. The lowest BCUT2D eigenvalue weighted by atomic mass is 10.1. The van der Waals surface area contributed by atoms with E-state index in [-0.39, 0.29) is 27.4 Å². The first-order chi connectivity index (χ1) is 10.4. The van der Waals surface area contributed by atoms with Gasteiger partial charge in [0.2, 0.25) is 0 Å². The molecule has 1 heterocycles. The van der Waals surface area contributed by atoms with Crippen molar-refractivity contribution in [3.8, 4) is 0 Å². The number of nitrogens with zero attached hydrogens (tertiary/aromatic N) is 1. The van der Waals surface area contributed by atoms with Gasteiger partial charge in [-0.05, 0) is 35.9 Å². The standard InChI is InChI=1S/C15H7Cl2NO4/c16-8-2-4-12(11(17)6-8)18-13(19)9-3-1-7(15(21)22)5-10(9)14(18)20/h1-6H,(H,21,22)/p-1. The van der Waals surface area contributed by atoms with Gasteiger partial charge in [-0.25, -0.2) is 4.90 Å². The van der Waals surface area contributed by atoms with E-state index in [0.29, 0.717) is 5.02 Å². The summed E-state index contributed by atoms with van der Waals surface area (Å²) < 4.78 is 0. The van der Waals surface area contributed by atoms with Crippen LogP contribution in [0, 0.1) is 0 Å². The number of amides is 2. The van der Waals surface area contributed by atoms with E-state index in [1.807, 2.05) is 0 Å². The molecule has 0 aliphatic carbocycles. The lowest BCUT2D eigenvalue weighted by Gasteiger charge is -2.15. The molecule has 0 aromatic heterocycles. The number of hydrogen-bond acceptors (Lipinski definition) is 4. The summed E-state index contributed by atoms with van der Waals surface area (Å²) in [5, 5.41) is 11.4. The van der Waals surface area contributed by atoms with E-state index in [1.165, 1.54) is 30.3 Å². The Hall–Kier alpha value is -2.37. The Kier molecular flexibility index (Phi) is 3.39. The van der Waals surface area contributed by atoms with Gasteiger partial charge in [0, 0.05) is 5.02 Å². The van der Waals surface area contributed by atoms with Crippen LogP contribution in [0.3, 0.4) is 0 Å². The Labute approximate surface area is 134 Å². The second-order valence-corrected chi connectivity index (χ2v) is 5.43. The summed E-state index contributed by atoms with van der Waals surface area (Å²) in [6, 6.07) is 7.98. The number of hydrogen-bond donors (Lipinski definition) is 0. The van der Waals surface area contributed by atoms with Gasteiger partial charge in [0.1, 0.15) is 0 Å². The number of anilines is 1. The Morgan fingerprint density at radius 2 is 1.64 bits per heavy atom. The molecule has 5 nitrogen and oxygen atoms in total. The monoisotopic (exact) mass is 334 g/mol. The normalized spacial score (nSPS) is 13.5. The molecule has 2 aromatic carbocycles. The summed E-state index contributed by atoms with van der Waals surface area (Å²) >= 11 is 11.8. The number of imide groups is 1. The van der Waals surface area contributed by atoms with Gasteiger partial charge in [-0.1, -0.05) is 29.3 Å². The quantitative estimate of drug-likeness (QED) is 0.788. The Morgan fingerprint density at radius 1 is 0.955 bits per heavy atom. The molecular formula is C15H6Cl2NO4-. The van der Waals surface area contributed by atoms with E-state index >= 15 is 0 Å². The average molecular weight is 335 g/mol. The van der Waals surface area contributed by atoms with Crippen molar-refractivity contribution < 1.29 is 19.5 Å². The first kappa shape index (κ1) is 14.6. The Bertz CT molecular complexity index is 847. The molecule has 2 amide bonds. The zero-order valence-corrected chi connectivity index (χ0v) is 12.3. The second-order valence-electron chi connectivity index (χ2n) is 4.59. The minimum atomic E-state index is -1.42. The van der Waals surface area contributed by atoms with Crippen molar-refractivity contribution >= 4 is 46.7 Å². The van der Waals surface area contributed by atoms with Gasteiger partial charge >= 0.3 is 0 Å². The van der Waals surface area contributed by atoms with Crippen molar-refractivity contribution in [2.45, 2.75) is 0 Å². The van der Waals surface area contributed by atoms with Crippen LogP contribution in [-0.2, 0) is 0 Å². The Balaban J connectivity index is 2.12. The third-order valence-electron chi connectivity index (χ3n) is 3.27. The van der Waals surface area contributed by atoms with Crippen LogP contribution in [0.1, 0.15) is 31.1 Å². The van der Waals surface area contributed by atoms with E-state index in [4.69, 9.17) is 23.2 Å². The highest BCUT2D eigenvalue weighted by Gasteiger charge is 2.37. The zero-order valence-electron chi connectivity index (χ0n) is 10.8. The smallest absolute Gasteiger partial charge is 0.266 e. The number of halogens is 2. The molecule has 2 aromatic rings. The van der Waals surface area contributed by atoms with Crippen LogP contribution in [0.5, 0.6) is 0 Å². The number of carboxylic acids is 1. The molecule has 0 atom stereocenters. The number of carbonyl (C=O) groups excluding carboxylic acids is 3. The van der Waals surface area contributed by atoms with Crippen molar-refractivity contribution in [2.75, 3.05) is 4.90 Å². The summed E-state index contributed by atoms with van der Waals surface area (Å²) in [5.74, 6) is -2.65. The molecule has 0 saturated carbocycles. The summed E-state index contributed by atoms with van der Waals surface area (Å²) in [5.41, 5.74) is 0.120. The lowest BCUT2D eigenvalue weighted by molar-refractivity contribution is -0.255. The summed E-state index contributed by atoms with van der Waals surface area (Å²) in [7, 11) is 0. The van der Waals surface area contributed by atoms with Gasteiger partial charge in [-0.3, -0.25) is 9.59 Å². The fraction of sp³-hybridized carbons (Fsp3) is 0. The SMILES string of the molecule is O=C([O-])c1ccc2c(c1)C(=O)N(c1ccc(Cl)cc1Cl)C2=O. The van der Waals surface area contributed by atoms with E-state index < -0.39 is 17.8 Å². The Morgan fingerprint density at radius 3 is 2.27 bits per heavy atom. The topological polar surface area (TPSA) is 77.5 Å². The molecule has 0 unspecified atom stereocenters. The van der Waals surface area contributed by atoms with Crippen LogP contribution >= 0.6 is 23.2 Å². The van der Waals surface area contributed by atoms with Gasteiger partial charge in [0.05, 0.1) is 27.8 Å². The van der Waals surface area contributed by atoms with Crippen LogP contribution in [0.4, 0.5) is 5.69 Å². The van der Waals surface area contributed by atoms with Crippen LogP contribution in [0.2, 0.25) is 10.0 Å². The van der Waals surface area contributed by atoms with Crippen molar-refractivity contribution in [3.63, 3.8) is 0 Å². The van der Waals surface area contributed by atoms with Crippen LogP contribution in [0.25, 0.3) is 0 Å². The largest absolute Gasteiger partial charge is 0.545 e. The minimum absolute atomic E-state index is 0.00211. The highest BCUT2D eigenvalue weighted by molar-refractivity contribution is 6.41. The first-order valence-corrected chi connectivity index (χ1v) is 6.85. The number of benzene rings is 2. The maximum Gasteiger partial charge on any atom is 0.266 e. The highest BCUT2D eigenvalue weighted by Crippen LogP contribution is 2.34. The maximum absolute atomic E-state index is 12.4. The van der Waals surface area contributed by atoms with E-state index in [9.17, 15) is 19.5 Å². The molecule has 0 bridgehead atoms. The third-order valence-corrected chi connectivity index (χ3v) is 3.81. The molecule has 3 rings (SSSR count). The third kappa shape index (κ3) is 2.15. The van der Waals surface area contributed by atoms with Gasteiger partial charge in [-0.15, -0.1) is 0 Å². The predicted molar refractivity (Wildman–Crippen MR) is 78.4 cm³/mol. The molecule has 0 fully saturated rings. The molecule has 0 radical (unpaired) electrons. The van der Waals surface area contributed by atoms with E-state index in [0.717, 1.165) is 11.0 Å². The fourth-order valence-corrected chi connectivity index (χ4v) is 2.74. The zero-order chi connectivity index (χ0) is 16.0. The molecule has 110 valence electrons. The van der Waals surface area contributed by atoms with Crippen LogP contribution in [0.15, 0.2) is 36.4 Å². The van der Waals surface area contributed by atoms with Crippen molar-refractivity contribution in [1.82, 2.24) is 0 Å². The van der Waals surface area contributed by atoms with Crippen LogP contribution in [-0.4, -0.2) is 17.8 Å². The predicted octanol–water partition coefficient (Wildman–Crippen LogP) is 2.16. The molecule has 0 saturated heterocycles.